The van der Waals surface area contributed by atoms with Crippen molar-refractivity contribution in [1.82, 2.24) is 25.1 Å². The fourth-order valence-electron chi connectivity index (χ4n) is 3.01. The second kappa shape index (κ2) is 5.49. The van der Waals surface area contributed by atoms with Crippen LogP contribution in [0.4, 0.5) is 0 Å². The monoisotopic (exact) mass is 313 g/mol. The van der Waals surface area contributed by atoms with Crippen LogP contribution in [0.2, 0.25) is 0 Å². The Bertz CT molecular complexity index is 797. The highest BCUT2D eigenvalue weighted by Crippen LogP contribution is 2.30. The number of thiophene rings is 1. The number of aromatic nitrogens is 4. The van der Waals surface area contributed by atoms with Gasteiger partial charge in [0.2, 0.25) is 0 Å². The molecular weight excluding hydrogens is 298 g/mol. The van der Waals surface area contributed by atoms with E-state index >= 15 is 0 Å². The van der Waals surface area contributed by atoms with E-state index in [9.17, 15) is 4.79 Å². The quantitative estimate of drug-likeness (QED) is 0.788. The van der Waals surface area contributed by atoms with Crippen LogP contribution in [0.15, 0.2) is 29.9 Å². The molecule has 0 spiro atoms. The Kier molecular flexibility index (Phi) is 3.34. The van der Waals surface area contributed by atoms with Gasteiger partial charge in [-0.25, -0.2) is 9.97 Å². The third-order valence-electron chi connectivity index (χ3n) is 4.07. The Morgan fingerprint density at radius 1 is 1.36 bits per heavy atom. The average Bonchev–Trinajstić information content (AvgIpc) is 3.24. The van der Waals surface area contributed by atoms with Crippen LogP contribution in [0, 0.1) is 0 Å². The summed E-state index contributed by atoms with van der Waals surface area (Å²) in [7, 11) is 0. The minimum absolute atomic E-state index is 0.120. The zero-order valence-corrected chi connectivity index (χ0v) is 12.7. The van der Waals surface area contributed by atoms with Crippen LogP contribution in [-0.4, -0.2) is 44.1 Å². The van der Waals surface area contributed by atoms with E-state index in [-0.39, 0.29) is 11.8 Å². The van der Waals surface area contributed by atoms with E-state index in [4.69, 9.17) is 0 Å². The lowest BCUT2D eigenvalue weighted by atomic mass is 9.94. The van der Waals surface area contributed by atoms with E-state index in [1.54, 1.807) is 12.4 Å². The molecule has 112 valence electrons. The number of likely N-dealkylation sites (tertiary alicyclic amines) is 1. The third kappa shape index (κ3) is 2.27. The number of carbonyl (C=O) groups excluding carboxylic acids is 1. The summed E-state index contributed by atoms with van der Waals surface area (Å²) in [5.74, 6) is 0.356. The second-order valence-corrected chi connectivity index (χ2v) is 6.38. The van der Waals surface area contributed by atoms with Crippen LogP contribution in [0.5, 0.6) is 0 Å². The molecule has 3 aromatic rings. The van der Waals surface area contributed by atoms with Gasteiger partial charge in [0.15, 0.2) is 5.65 Å². The number of amides is 1. The Morgan fingerprint density at radius 2 is 2.27 bits per heavy atom. The molecule has 1 atom stereocenters. The molecule has 4 rings (SSSR count). The lowest BCUT2D eigenvalue weighted by molar-refractivity contribution is 0.0711. The Labute approximate surface area is 131 Å². The number of carbonyl (C=O) groups is 1. The molecule has 1 N–H and O–H groups in total. The fourth-order valence-corrected chi connectivity index (χ4v) is 3.70. The standard InChI is InChI=1S/C15H15N5OS/c21-15(11-4-2-8-22-11)20-7-1-3-10(9-20)12-13-14(19-18-12)17-6-5-16-13/h2,4-6,8,10H,1,3,7,9H2,(H,17,18,19)/t10-/m0/s1. The zero-order valence-electron chi connectivity index (χ0n) is 11.9. The molecule has 0 aliphatic carbocycles. The summed E-state index contributed by atoms with van der Waals surface area (Å²) < 4.78 is 0. The molecule has 22 heavy (non-hydrogen) atoms. The van der Waals surface area contributed by atoms with Crippen molar-refractivity contribution >= 4 is 28.4 Å². The maximum Gasteiger partial charge on any atom is 0.263 e. The van der Waals surface area contributed by atoms with Crippen molar-refractivity contribution in [3.8, 4) is 0 Å². The molecule has 1 aliphatic rings. The molecule has 0 bridgehead atoms. The first kappa shape index (κ1) is 13.4. The van der Waals surface area contributed by atoms with Crippen molar-refractivity contribution in [1.29, 1.82) is 0 Å². The van der Waals surface area contributed by atoms with Crippen LogP contribution >= 0.6 is 11.3 Å². The van der Waals surface area contributed by atoms with E-state index in [2.05, 4.69) is 20.2 Å². The maximum absolute atomic E-state index is 12.5. The SMILES string of the molecule is O=C(c1cccs1)N1CCC[C@H](c2[nH]nc3nccnc23)C1. The normalized spacial score (nSPS) is 18.7. The topological polar surface area (TPSA) is 74.8 Å². The first-order valence-corrected chi connectivity index (χ1v) is 8.18. The molecule has 1 aliphatic heterocycles. The van der Waals surface area contributed by atoms with Crippen LogP contribution in [0.3, 0.4) is 0 Å². The summed E-state index contributed by atoms with van der Waals surface area (Å²) in [5.41, 5.74) is 2.45. The van der Waals surface area contributed by atoms with Crippen molar-refractivity contribution in [2.24, 2.45) is 0 Å². The lowest BCUT2D eigenvalue weighted by Crippen LogP contribution is -2.38. The van der Waals surface area contributed by atoms with Crippen molar-refractivity contribution in [2.75, 3.05) is 13.1 Å². The van der Waals surface area contributed by atoms with E-state index < -0.39 is 0 Å². The van der Waals surface area contributed by atoms with Crippen LogP contribution in [0.1, 0.15) is 34.1 Å². The summed E-state index contributed by atoms with van der Waals surface area (Å²) in [6.45, 7) is 1.51. The first-order chi connectivity index (χ1) is 10.8. The minimum Gasteiger partial charge on any atom is -0.337 e. The maximum atomic E-state index is 12.5. The van der Waals surface area contributed by atoms with Crippen molar-refractivity contribution < 1.29 is 4.79 Å². The number of fused-ring (bicyclic) bond motifs is 1. The molecule has 1 fully saturated rings. The molecule has 0 unspecified atom stereocenters. The Hall–Kier alpha value is -2.28. The van der Waals surface area contributed by atoms with Gasteiger partial charge in [-0.2, -0.15) is 5.10 Å². The number of H-pyrrole nitrogens is 1. The smallest absolute Gasteiger partial charge is 0.263 e. The average molecular weight is 313 g/mol. The Balaban J connectivity index is 1.60. The highest BCUT2D eigenvalue weighted by atomic mass is 32.1. The number of nitrogens with one attached hydrogen (secondary N) is 1. The van der Waals surface area contributed by atoms with E-state index in [1.165, 1.54) is 11.3 Å². The van der Waals surface area contributed by atoms with Gasteiger partial charge in [-0.1, -0.05) is 6.07 Å². The number of rotatable bonds is 2. The largest absolute Gasteiger partial charge is 0.337 e. The fraction of sp³-hybridized carbons (Fsp3) is 0.333. The van der Waals surface area contributed by atoms with E-state index in [1.807, 2.05) is 22.4 Å². The summed E-state index contributed by atoms with van der Waals surface area (Å²) in [5, 5.41) is 9.22. The van der Waals surface area contributed by atoms with Crippen molar-refractivity contribution in [3.05, 3.63) is 40.5 Å². The van der Waals surface area contributed by atoms with Gasteiger partial charge in [0, 0.05) is 31.4 Å². The Morgan fingerprint density at radius 3 is 3.14 bits per heavy atom. The van der Waals surface area contributed by atoms with Crippen LogP contribution < -0.4 is 0 Å². The minimum atomic E-state index is 0.120. The molecule has 0 saturated carbocycles. The van der Waals surface area contributed by atoms with Crippen LogP contribution in [-0.2, 0) is 0 Å². The van der Waals surface area contributed by atoms with Gasteiger partial charge in [0.05, 0.1) is 10.6 Å². The number of hydrogen-bond acceptors (Lipinski definition) is 5. The van der Waals surface area contributed by atoms with Gasteiger partial charge in [-0.3, -0.25) is 9.89 Å². The molecule has 6 nitrogen and oxygen atoms in total. The zero-order chi connectivity index (χ0) is 14.9. The molecule has 7 heteroatoms. The highest BCUT2D eigenvalue weighted by molar-refractivity contribution is 7.12. The van der Waals surface area contributed by atoms with Crippen molar-refractivity contribution in [3.63, 3.8) is 0 Å². The third-order valence-corrected chi connectivity index (χ3v) is 4.92. The molecule has 1 saturated heterocycles. The predicted molar refractivity (Wildman–Crippen MR) is 83.9 cm³/mol. The summed E-state index contributed by atoms with van der Waals surface area (Å²) in [4.78, 5) is 23.8. The van der Waals surface area contributed by atoms with Crippen molar-refractivity contribution in [2.45, 2.75) is 18.8 Å². The number of piperidine rings is 1. The molecule has 1 amide bonds. The van der Waals surface area contributed by atoms with Gasteiger partial charge in [0.25, 0.3) is 5.91 Å². The van der Waals surface area contributed by atoms with Gasteiger partial charge in [-0.05, 0) is 24.3 Å². The molecule has 3 aromatic heterocycles. The van der Waals surface area contributed by atoms with Gasteiger partial charge >= 0.3 is 0 Å². The first-order valence-electron chi connectivity index (χ1n) is 7.30. The molecule has 4 heterocycles. The summed E-state index contributed by atoms with van der Waals surface area (Å²) in [6.07, 6.45) is 5.34. The second-order valence-electron chi connectivity index (χ2n) is 5.43. The number of hydrogen-bond donors (Lipinski definition) is 1. The molecular formula is C15H15N5OS. The summed E-state index contributed by atoms with van der Waals surface area (Å²) >= 11 is 1.49. The van der Waals surface area contributed by atoms with Gasteiger partial charge in [-0.15, -0.1) is 11.3 Å². The summed E-state index contributed by atoms with van der Waals surface area (Å²) in [6, 6.07) is 3.80. The van der Waals surface area contributed by atoms with E-state index in [0.29, 0.717) is 12.2 Å². The van der Waals surface area contributed by atoms with E-state index in [0.717, 1.165) is 35.5 Å². The van der Waals surface area contributed by atoms with Crippen LogP contribution in [0.25, 0.3) is 11.2 Å². The predicted octanol–water partition coefficient (Wildman–Crippen LogP) is 2.43. The molecule has 0 aromatic carbocycles. The lowest BCUT2D eigenvalue weighted by Gasteiger charge is -2.32. The number of nitrogens with zero attached hydrogens (tertiary/aromatic N) is 4. The highest BCUT2D eigenvalue weighted by Gasteiger charge is 2.28. The van der Waals surface area contributed by atoms with Gasteiger partial charge < -0.3 is 4.90 Å². The van der Waals surface area contributed by atoms with Gasteiger partial charge in [0.1, 0.15) is 5.52 Å². The molecule has 0 radical (unpaired) electrons. The number of aromatic amines is 1.